The lowest BCUT2D eigenvalue weighted by molar-refractivity contribution is -0.231. The van der Waals surface area contributed by atoms with Gasteiger partial charge in [-0.1, -0.05) is 68.4 Å². The summed E-state index contributed by atoms with van der Waals surface area (Å²) >= 11 is 0. The molecule has 6 aromatic rings. The number of ether oxygens (including phenoxy) is 10. The van der Waals surface area contributed by atoms with Gasteiger partial charge in [0.25, 0.3) is 11.1 Å². The van der Waals surface area contributed by atoms with Crippen molar-refractivity contribution >= 4 is 35.0 Å². The Hall–Kier alpha value is -7.62. The van der Waals surface area contributed by atoms with E-state index in [9.17, 15) is 33.9 Å². The molecule has 0 unspecified atom stereocenters. The second-order valence-electron chi connectivity index (χ2n) is 19.8. The van der Waals surface area contributed by atoms with E-state index in [1.807, 2.05) is 83.8 Å². The van der Waals surface area contributed by atoms with Crippen LogP contribution >= 0.6 is 0 Å². The third-order valence-corrected chi connectivity index (χ3v) is 13.7. The van der Waals surface area contributed by atoms with Crippen LogP contribution < -0.4 is 31.6 Å². The predicted molar refractivity (Wildman–Crippen MR) is 290 cm³/mol. The fourth-order valence-corrected chi connectivity index (χ4v) is 9.68. The highest BCUT2D eigenvalue weighted by molar-refractivity contribution is 5.91. The molecule has 8 rings (SSSR count). The maximum absolute atomic E-state index is 13.4. The number of benzene rings is 3. The summed E-state index contributed by atoms with van der Waals surface area (Å²) in [6.45, 7) is 7.96. The van der Waals surface area contributed by atoms with E-state index in [0.717, 1.165) is 16.7 Å². The van der Waals surface area contributed by atoms with Gasteiger partial charge in [0.05, 0.1) is 73.4 Å². The molecule has 2 saturated heterocycles. The number of rotatable bonds is 26. The number of hydrogen-bond donors (Lipinski definition) is 4. The Morgan fingerprint density at radius 2 is 1.41 bits per heavy atom. The van der Waals surface area contributed by atoms with Crippen molar-refractivity contribution in [1.29, 1.82) is 0 Å². The number of morpholine rings is 1. The number of esters is 2. The number of aromatic amines is 2. The van der Waals surface area contributed by atoms with E-state index >= 15 is 0 Å². The van der Waals surface area contributed by atoms with Crippen molar-refractivity contribution in [3.63, 3.8) is 0 Å². The Balaban J connectivity index is 0.908. The fourth-order valence-electron chi connectivity index (χ4n) is 9.68. The van der Waals surface area contributed by atoms with Crippen LogP contribution in [0.3, 0.4) is 0 Å². The maximum Gasteiger partial charge on any atom is 0.330 e. The molecule has 25 nitrogen and oxygen atoms in total. The van der Waals surface area contributed by atoms with Gasteiger partial charge in [-0.2, -0.15) is 4.98 Å². The van der Waals surface area contributed by atoms with Crippen LogP contribution in [0.15, 0.2) is 106 Å². The minimum absolute atomic E-state index is 0.00605. The predicted octanol–water partition coefficient (Wildman–Crippen LogP) is 2.97. The van der Waals surface area contributed by atoms with Gasteiger partial charge in [-0.25, -0.2) is 9.78 Å². The standard InChI is InChI=1S/C56H68N8O17/c1-34(2)49(68)59-53-58-48-45(51(70)60-53)57-33-64(48)52-47(79-37(5)67)46(78-36(4)66)43(80-52)29-76-26-25-75-24-23-74-22-21-62-28-44(63-27-35(3)50(69)61-54(63)71)81-55(30-62,31-65)32-77-56(38-11-9-8-10-12-38,39-13-17-41(72-6)18-14-39)40-15-19-42(73-7)20-16-40/h8-20,27,33-34,43-44,46-47,52,65H,21-26,28-32H2,1-7H3,(H,61,69,71)(H2,58,59,60,68,70)/t43-,44-,46-,47-,52-,55-/m1/s1. The van der Waals surface area contributed by atoms with E-state index in [0.29, 0.717) is 23.6 Å². The second-order valence-corrected chi connectivity index (χ2v) is 19.8. The molecule has 4 N–H and O–H groups in total. The van der Waals surface area contributed by atoms with E-state index < -0.39 is 89.1 Å². The number of amides is 1. The summed E-state index contributed by atoms with van der Waals surface area (Å²) in [5, 5.41) is 14.0. The summed E-state index contributed by atoms with van der Waals surface area (Å²) in [5.41, 5.74) is -2.03. The highest BCUT2D eigenvalue weighted by atomic mass is 16.7. The summed E-state index contributed by atoms with van der Waals surface area (Å²) in [5.74, 6) is -1.03. The number of nitrogens with zero attached hydrogens (tertiary/aromatic N) is 5. The molecule has 2 aliphatic rings. The molecule has 0 aliphatic carbocycles. The summed E-state index contributed by atoms with van der Waals surface area (Å²) in [6.07, 6.45) is -2.79. The van der Waals surface area contributed by atoms with Gasteiger partial charge < -0.3 is 52.5 Å². The number of aromatic nitrogens is 6. The van der Waals surface area contributed by atoms with Crippen molar-refractivity contribution in [1.82, 2.24) is 34.0 Å². The average molecular weight is 1130 g/mol. The lowest BCUT2D eigenvalue weighted by Gasteiger charge is -2.47. The normalized spacial score (nSPS) is 20.3. The monoisotopic (exact) mass is 1120 g/mol. The van der Waals surface area contributed by atoms with Gasteiger partial charge in [0.15, 0.2) is 35.8 Å². The SMILES string of the molecule is COc1ccc(C(OC[C@]2(CO)CN(CCOCCOCCOC[C@H]3O[C@@H](n4cnc5c(=O)[nH]c(NC(=O)C(C)C)nc54)[C@H](OC(C)=O)[C@@H]3OC(C)=O)C[C@H](n3cc(C)c(=O)[nH]c3=O)O2)(c2ccccc2)c2ccc(OC)cc2)cc1. The Morgan fingerprint density at radius 1 is 0.802 bits per heavy atom. The quantitative estimate of drug-likeness (QED) is 0.0345. The summed E-state index contributed by atoms with van der Waals surface area (Å²) in [7, 11) is 3.18. The van der Waals surface area contributed by atoms with Crippen molar-refractivity contribution in [2.24, 2.45) is 5.92 Å². The summed E-state index contributed by atoms with van der Waals surface area (Å²) in [4.78, 5) is 91.5. The van der Waals surface area contributed by atoms with Gasteiger partial charge >= 0.3 is 17.6 Å². The first-order valence-electron chi connectivity index (χ1n) is 26.3. The molecule has 0 spiro atoms. The molecule has 5 heterocycles. The van der Waals surface area contributed by atoms with Crippen LogP contribution in [0.25, 0.3) is 11.2 Å². The molecule has 0 bridgehead atoms. The summed E-state index contributed by atoms with van der Waals surface area (Å²) < 4.78 is 63.0. The Bertz CT molecular complexity index is 3230. The molecule has 0 radical (unpaired) electrons. The molecule has 1 amide bonds. The first kappa shape index (κ1) is 59.5. The first-order chi connectivity index (χ1) is 39.0. The molecule has 2 aliphatic heterocycles. The van der Waals surface area contributed by atoms with Crippen LogP contribution in [0.4, 0.5) is 5.95 Å². The van der Waals surface area contributed by atoms with Crippen LogP contribution in [0.2, 0.25) is 0 Å². The van der Waals surface area contributed by atoms with Crippen molar-refractivity contribution in [3.8, 4) is 11.5 Å². The average Bonchev–Trinajstić information content (AvgIpc) is 4.26. The molecule has 2 fully saturated rings. The van der Waals surface area contributed by atoms with Gasteiger partial charge in [0.1, 0.15) is 28.8 Å². The second kappa shape index (κ2) is 26.8. The number of fused-ring (bicyclic) bond motifs is 1. The van der Waals surface area contributed by atoms with Crippen molar-refractivity contribution in [2.75, 3.05) is 92.0 Å². The fraction of sp³-hybridized carbons (Fsp3) is 0.464. The van der Waals surface area contributed by atoms with Gasteiger partial charge in [0, 0.05) is 51.2 Å². The summed E-state index contributed by atoms with van der Waals surface area (Å²) in [6, 6.07) is 24.7. The minimum atomic E-state index is -1.43. The van der Waals surface area contributed by atoms with E-state index in [1.54, 1.807) is 35.0 Å². The number of H-pyrrole nitrogens is 2. The third kappa shape index (κ3) is 13.9. The van der Waals surface area contributed by atoms with Gasteiger partial charge in [0.2, 0.25) is 11.9 Å². The molecular formula is C56H68N8O17. The smallest absolute Gasteiger partial charge is 0.330 e. The Kier molecular flexibility index (Phi) is 19.7. The van der Waals surface area contributed by atoms with Gasteiger partial charge in [-0.15, -0.1) is 0 Å². The highest BCUT2D eigenvalue weighted by Gasteiger charge is 2.51. The first-order valence-corrected chi connectivity index (χ1v) is 26.3. The number of imidazole rings is 1. The number of aliphatic hydroxyl groups is 1. The molecular weight excluding hydrogens is 1060 g/mol. The largest absolute Gasteiger partial charge is 0.497 e. The molecule has 6 atom stereocenters. The topological polar surface area (TPSA) is 297 Å². The van der Waals surface area contributed by atoms with E-state index in [-0.39, 0.29) is 76.4 Å². The molecule has 81 heavy (non-hydrogen) atoms. The van der Waals surface area contributed by atoms with E-state index in [2.05, 4.69) is 25.3 Å². The number of carbonyl (C=O) groups excluding carboxylic acids is 3. The molecule has 0 saturated carbocycles. The number of methoxy groups -OCH3 is 2. The van der Waals surface area contributed by atoms with Crippen LogP contribution in [-0.4, -0.2) is 168 Å². The molecule has 3 aromatic heterocycles. The molecule has 3 aromatic carbocycles. The molecule has 25 heteroatoms. The number of nitrogens with one attached hydrogen (secondary N) is 3. The van der Waals surface area contributed by atoms with Crippen molar-refractivity contribution in [3.05, 3.63) is 145 Å². The zero-order valence-corrected chi connectivity index (χ0v) is 46.1. The minimum Gasteiger partial charge on any atom is -0.497 e. The van der Waals surface area contributed by atoms with Crippen LogP contribution in [0.1, 0.15) is 62.4 Å². The highest BCUT2D eigenvalue weighted by Crippen LogP contribution is 2.43. The van der Waals surface area contributed by atoms with Crippen molar-refractivity contribution in [2.45, 2.75) is 76.6 Å². The van der Waals surface area contributed by atoms with Crippen LogP contribution in [0, 0.1) is 12.8 Å². The number of carbonyl (C=O) groups is 3. The number of hydrogen-bond acceptors (Lipinski definition) is 20. The van der Waals surface area contributed by atoms with Crippen LogP contribution in [-0.2, 0) is 57.9 Å². The van der Waals surface area contributed by atoms with E-state index in [4.69, 9.17) is 47.4 Å². The lowest BCUT2D eigenvalue weighted by Crippen LogP contribution is -2.60. The van der Waals surface area contributed by atoms with Crippen molar-refractivity contribution < 1.29 is 66.9 Å². The lowest BCUT2D eigenvalue weighted by atomic mass is 9.79. The number of aryl methyl sites for hydroxylation is 1. The number of anilines is 1. The molecule has 434 valence electrons. The Morgan fingerprint density at radius 3 is 2.01 bits per heavy atom. The Labute approximate surface area is 465 Å². The van der Waals surface area contributed by atoms with E-state index in [1.165, 1.54) is 35.5 Å². The third-order valence-electron chi connectivity index (χ3n) is 13.7. The number of aliphatic hydroxyl groups excluding tert-OH is 1. The zero-order valence-electron chi connectivity index (χ0n) is 46.1. The van der Waals surface area contributed by atoms with Gasteiger partial charge in [-0.05, 0) is 47.9 Å². The van der Waals surface area contributed by atoms with Crippen LogP contribution in [0.5, 0.6) is 11.5 Å². The zero-order chi connectivity index (χ0) is 57.8. The maximum atomic E-state index is 13.4. The van der Waals surface area contributed by atoms with Gasteiger partial charge in [-0.3, -0.25) is 53.3 Å².